The number of hydrogen-bond acceptors (Lipinski definition) is 3. The lowest BCUT2D eigenvalue weighted by molar-refractivity contribution is 0.204. The zero-order valence-electron chi connectivity index (χ0n) is 11.1. The Kier molecular flexibility index (Phi) is 4.95. The van der Waals surface area contributed by atoms with Gasteiger partial charge < -0.3 is 9.84 Å². The zero-order valence-corrected chi connectivity index (χ0v) is 12.0. The summed E-state index contributed by atoms with van der Waals surface area (Å²) >= 11 is 1.82. The van der Waals surface area contributed by atoms with Crippen LogP contribution in [0.15, 0.2) is 24.3 Å². The molecule has 18 heavy (non-hydrogen) atoms. The van der Waals surface area contributed by atoms with Crippen LogP contribution < -0.4 is 4.74 Å². The van der Waals surface area contributed by atoms with Crippen LogP contribution in [0.2, 0.25) is 0 Å². The number of ether oxygens (including phenoxy) is 1. The van der Waals surface area contributed by atoms with Crippen molar-refractivity contribution in [2.75, 3.05) is 5.75 Å². The number of thioether (sulfide) groups is 1. The van der Waals surface area contributed by atoms with Crippen molar-refractivity contribution >= 4 is 11.8 Å². The SMILES string of the molecule is CCC(C)SCC(O)c1ccc(OC2CC2)cc1. The predicted octanol–water partition coefficient (Wildman–Crippen LogP) is 3.79. The zero-order chi connectivity index (χ0) is 13.0. The van der Waals surface area contributed by atoms with Crippen LogP contribution in [0.1, 0.15) is 44.8 Å². The van der Waals surface area contributed by atoms with Crippen molar-refractivity contribution in [1.82, 2.24) is 0 Å². The van der Waals surface area contributed by atoms with Crippen molar-refractivity contribution in [2.45, 2.75) is 50.6 Å². The maximum Gasteiger partial charge on any atom is 0.119 e. The van der Waals surface area contributed by atoms with Crippen molar-refractivity contribution in [1.29, 1.82) is 0 Å². The van der Waals surface area contributed by atoms with Crippen LogP contribution in [-0.2, 0) is 0 Å². The molecule has 1 aromatic carbocycles. The molecule has 1 saturated carbocycles. The monoisotopic (exact) mass is 266 g/mol. The molecule has 0 aromatic heterocycles. The molecule has 0 heterocycles. The van der Waals surface area contributed by atoms with E-state index in [1.54, 1.807) is 0 Å². The van der Waals surface area contributed by atoms with E-state index in [4.69, 9.17) is 4.74 Å². The van der Waals surface area contributed by atoms with Crippen LogP contribution in [-0.4, -0.2) is 22.2 Å². The number of benzene rings is 1. The van der Waals surface area contributed by atoms with E-state index < -0.39 is 0 Å². The Morgan fingerprint density at radius 3 is 2.56 bits per heavy atom. The quantitative estimate of drug-likeness (QED) is 0.814. The highest BCUT2D eigenvalue weighted by Gasteiger charge is 2.23. The summed E-state index contributed by atoms with van der Waals surface area (Å²) in [5, 5.41) is 10.7. The van der Waals surface area contributed by atoms with Crippen molar-refractivity contribution in [3.8, 4) is 5.75 Å². The first-order valence-electron chi connectivity index (χ1n) is 6.75. The second-order valence-corrected chi connectivity index (χ2v) is 6.43. The van der Waals surface area contributed by atoms with Gasteiger partial charge in [0.25, 0.3) is 0 Å². The minimum atomic E-state index is -0.376. The van der Waals surface area contributed by atoms with Crippen molar-refractivity contribution < 1.29 is 9.84 Å². The number of rotatable bonds is 7. The van der Waals surface area contributed by atoms with Crippen LogP contribution in [0.25, 0.3) is 0 Å². The summed E-state index contributed by atoms with van der Waals surface area (Å²) in [5.41, 5.74) is 0.981. The highest BCUT2D eigenvalue weighted by molar-refractivity contribution is 7.99. The average Bonchev–Trinajstić information content (AvgIpc) is 3.20. The first kappa shape index (κ1) is 13.8. The molecule has 0 bridgehead atoms. The number of hydrogen-bond donors (Lipinski definition) is 1. The summed E-state index contributed by atoms with van der Waals surface area (Å²) in [5.74, 6) is 1.68. The molecule has 1 fully saturated rings. The van der Waals surface area contributed by atoms with E-state index in [0.29, 0.717) is 11.4 Å². The van der Waals surface area contributed by atoms with Crippen LogP contribution in [0, 0.1) is 0 Å². The smallest absolute Gasteiger partial charge is 0.119 e. The molecule has 2 atom stereocenters. The largest absolute Gasteiger partial charge is 0.490 e. The second-order valence-electron chi connectivity index (χ2n) is 4.95. The summed E-state index contributed by atoms with van der Waals surface area (Å²) < 4.78 is 5.69. The molecule has 2 unspecified atom stereocenters. The molecule has 100 valence electrons. The van der Waals surface area contributed by atoms with Gasteiger partial charge in [0.2, 0.25) is 0 Å². The summed E-state index contributed by atoms with van der Waals surface area (Å²) in [6.45, 7) is 4.37. The second kappa shape index (κ2) is 6.48. The minimum Gasteiger partial charge on any atom is -0.490 e. The average molecular weight is 266 g/mol. The van der Waals surface area contributed by atoms with Gasteiger partial charge in [-0.25, -0.2) is 0 Å². The molecule has 2 nitrogen and oxygen atoms in total. The van der Waals surface area contributed by atoms with Gasteiger partial charge in [-0.3, -0.25) is 0 Å². The van der Waals surface area contributed by atoms with E-state index in [1.165, 1.54) is 12.8 Å². The molecule has 1 aromatic rings. The third-order valence-electron chi connectivity index (χ3n) is 3.21. The molecule has 0 radical (unpaired) electrons. The lowest BCUT2D eigenvalue weighted by atomic mass is 10.1. The van der Waals surface area contributed by atoms with Crippen molar-refractivity contribution in [3.63, 3.8) is 0 Å². The van der Waals surface area contributed by atoms with Gasteiger partial charge in [0.15, 0.2) is 0 Å². The molecule has 2 rings (SSSR count). The Hall–Kier alpha value is -0.670. The predicted molar refractivity (Wildman–Crippen MR) is 77.3 cm³/mol. The lowest BCUT2D eigenvalue weighted by Gasteiger charge is -2.14. The normalized spacial score (nSPS) is 18.4. The maximum absolute atomic E-state index is 10.1. The van der Waals surface area contributed by atoms with Gasteiger partial charge in [-0.15, -0.1) is 0 Å². The van der Waals surface area contributed by atoms with Crippen LogP contribution in [0.3, 0.4) is 0 Å². The topological polar surface area (TPSA) is 29.5 Å². The van der Waals surface area contributed by atoms with E-state index >= 15 is 0 Å². The fourth-order valence-corrected chi connectivity index (χ4v) is 2.56. The van der Waals surface area contributed by atoms with Crippen LogP contribution in [0.4, 0.5) is 0 Å². The molecule has 0 saturated heterocycles. The molecular weight excluding hydrogens is 244 g/mol. The third kappa shape index (κ3) is 4.21. The summed E-state index contributed by atoms with van der Waals surface area (Å²) in [7, 11) is 0. The van der Waals surface area contributed by atoms with E-state index in [2.05, 4.69) is 13.8 Å². The molecule has 1 aliphatic rings. The van der Waals surface area contributed by atoms with Crippen LogP contribution in [0.5, 0.6) is 5.75 Å². The molecule has 0 aliphatic heterocycles. The Morgan fingerprint density at radius 2 is 2.00 bits per heavy atom. The highest BCUT2D eigenvalue weighted by Crippen LogP contribution is 2.28. The Balaban J connectivity index is 1.83. The molecule has 0 spiro atoms. The van der Waals surface area contributed by atoms with Gasteiger partial charge in [0, 0.05) is 11.0 Å². The fraction of sp³-hybridized carbons (Fsp3) is 0.600. The van der Waals surface area contributed by atoms with E-state index in [-0.39, 0.29) is 6.10 Å². The Morgan fingerprint density at radius 1 is 1.33 bits per heavy atom. The maximum atomic E-state index is 10.1. The van der Waals surface area contributed by atoms with E-state index in [9.17, 15) is 5.11 Å². The Labute approximate surface area is 114 Å². The minimum absolute atomic E-state index is 0.376. The van der Waals surface area contributed by atoms with Crippen LogP contribution >= 0.6 is 11.8 Å². The van der Waals surface area contributed by atoms with Gasteiger partial charge in [-0.1, -0.05) is 26.0 Å². The van der Waals surface area contributed by atoms with E-state index in [0.717, 1.165) is 23.5 Å². The van der Waals surface area contributed by atoms with Crippen molar-refractivity contribution in [3.05, 3.63) is 29.8 Å². The van der Waals surface area contributed by atoms with Gasteiger partial charge in [-0.05, 0) is 37.0 Å². The summed E-state index contributed by atoms with van der Waals surface area (Å²) in [6, 6.07) is 7.87. The molecular formula is C15H22O2S. The first-order valence-corrected chi connectivity index (χ1v) is 7.80. The third-order valence-corrected chi connectivity index (χ3v) is 4.62. The molecule has 3 heteroatoms. The van der Waals surface area contributed by atoms with Gasteiger partial charge in [-0.2, -0.15) is 11.8 Å². The standard InChI is InChI=1S/C15H22O2S/c1-3-11(2)18-10-15(16)12-4-6-13(7-5-12)17-14-8-9-14/h4-7,11,14-16H,3,8-10H2,1-2H3. The van der Waals surface area contributed by atoms with Gasteiger partial charge in [0.1, 0.15) is 5.75 Å². The summed E-state index contributed by atoms with van der Waals surface area (Å²) in [6.07, 6.45) is 3.55. The lowest BCUT2D eigenvalue weighted by Crippen LogP contribution is -2.04. The number of aliphatic hydroxyl groups excluding tert-OH is 1. The van der Waals surface area contributed by atoms with E-state index in [1.807, 2.05) is 36.0 Å². The number of aliphatic hydroxyl groups is 1. The van der Waals surface area contributed by atoms with Gasteiger partial charge >= 0.3 is 0 Å². The van der Waals surface area contributed by atoms with Crippen molar-refractivity contribution in [2.24, 2.45) is 0 Å². The molecule has 1 aliphatic carbocycles. The highest BCUT2D eigenvalue weighted by atomic mass is 32.2. The van der Waals surface area contributed by atoms with Gasteiger partial charge in [0.05, 0.1) is 12.2 Å². The fourth-order valence-electron chi connectivity index (χ4n) is 1.62. The molecule has 1 N–H and O–H groups in total. The summed E-state index contributed by atoms with van der Waals surface area (Å²) in [4.78, 5) is 0. The Bertz CT molecular complexity index is 359. The first-order chi connectivity index (χ1) is 8.69. The molecule has 0 amide bonds.